The van der Waals surface area contributed by atoms with Gasteiger partial charge >= 0.3 is 0 Å². The summed E-state index contributed by atoms with van der Waals surface area (Å²) >= 11 is 7.02. The number of benzene rings is 1. The summed E-state index contributed by atoms with van der Waals surface area (Å²) in [6.45, 7) is 0. The molecule has 0 saturated heterocycles. The van der Waals surface area contributed by atoms with Crippen LogP contribution in [0.1, 0.15) is 43.7 Å². The number of rotatable bonds is 2. The van der Waals surface area contributed by atoms with E-state index in [1.165, 1.54) is 37.7 Å². The fourth-order valence-corrected chi connectivity index (χ4v) is 3.13. The lowest BCUT2D eigenvalue weighted by Crippen LogP contribution is -2.23. The Morgan fingerprint density at radius 3 is 2.38 bits per heavy atom. The minimum absolute atomic E-state index is 0.199. The van der Waals surface area contributed by atoms with Crippen LogP contribution in [0.15, 0.2) is 27.1 Å². The van der Waals surface area contributed by atoms with Crippen LogP contribution in [0.4, 0.5) is 0 Å². The highest BCUT2D eigenvalue weighted by Crippen LogP contribution is 2.34. The molecule has 0 aromatic heterocycles. The molecular weight excluding hydrogens is 330 g/mol. The van der Waals surface area contributed by atoms with Gasteiger partial charge in [-0.2, -0.15) is 0 Å². The molecule has 1 aromatic carbocycles. The van der Waals surface area contributed by atoms with E-state index >= 15 is 0 Å². The van der Waals surface area contributed by atoms with Gasteiger partial charge in [-0.1, -0.05) is 25.3 Å². The number of halogens is 2. The van der Waals surface area contributed by atoms with Crippen molar-refractivity contribution in [3.63, 3.8) is 0 Å². The Labute approximate surface area is 114 Å². The fraction of sp³-hybridized carbons (Fsp3) is 0.538. The molecule has 0 heterocycles. The first-order valence-electron chi connectivity index (χ1n) is 5.89. The number of hydrogen-bond acceptors (Lipinski definition) is 1. The van der Waals surface area contributed by atoms with Crippen LogP contribution in [0.5, 0.6) is 0 Å². The van der Waals surface area contributed by atoms with Crippen molar-refractivity contribution in [2.75, 3.05) is 0 Å². The molecule has 16 heavy (non-hydrogen) atoms. The van der Waals surface area contributed by atoms with E-state index in [-0.39, 0.29) is 6.04 Å². The van der Waals surface area contributed by atoms with Crippen LogP contribution >= 0.6 is 31.9 Å². The topological polar surface area (TPSA) is 26.0 Å². The fourth-order valence-electron chi connectivity index (χ4n) is 2.49. The zero-order valence-electron chi connectivity index (χ0n) is 9.26. The molecule has 0 bridgehead atoms. The number of hydrogen-bond donors (Lipinski definition) is 1. The molecule has 0 spiro atoms. The van der Waals surface area contributed by atoms with Gasteiger partial charge in [-0.25, -0.2) is 0 Å². The van der Waals surface area contributed by atoms with E-state index in [4.69, 9.17) is 5.73 Å². The van der Waals surface area contributed by atoms with Gasteiger partial charge in [-0.15, -0.1) is 0 Å². The van der Waals surface area contributed by atoms with Gasteiger partial charge in [0.1, 0.15) is 0 Å². The van der Waals surface area contributed by atoms with Crippen molar-refractivity contribution in [2.24, 2.45) is 11.7 Å². The van der Waals surface area contributed by atoms with E-state index in [2.05, 4.69) is 50.1 Å². The molecule has 0 aliphatic heterocycles. The Morgan fingerprint density at radius 1 is 1.06 bits per heavy atom. The molecule has 0 radical (unpaired) electrons. The van der Waals surface area contributed by atoms with Gasteiger partial charge in [0.25, 0.3) is 0 Å². The molecule has 2 N–H and O–H groups in total. The molecule has 2 rings (SSSR count). The zero-order chi connectivity index (χ0) is 11.5. The molecule has 1 aliphatic carbocycles. The van der Waals surface area contributed by atoms with Crippen molar-refractivity contribution >= 4 is 31.9 Å². The SMILES string of the molecule is N[C@@H](c1ccc(Br)c(Br)c1)C1CCCCC1. The first kappa shape index (κ1) is 12.6. The standard InChI is InChI=1S/C13H17Br2N/c14-11-7-6-10(8-12(11)15)13(16)9-4-2-1-3-5-9/h6-9,13H,1-5,16H2/t13-/m1/s1. The molecule has 1 aliphatic rings. The average molecular weight is 347 g/mol. The highest BCUT2D eigenvalue weighted by Gasteiger charge is 2.21. The van der Waals surface area contributed by atoms with Crippen LogP contribution in [-0.4, -0.2) is 0 Å². The van der Waals surface area contributed by atoms with Gasteiger partial charge in [-0.05, 0) is 68.3 Å². The van der Waals surface area contributed by atoms with Crippen LogP contribution in [0.3, 0.4) is 0 Å². The Kier molecular flexibility index (Phi) is 4.45. The van der Waals surface area contributed by atoms with Gasteiger partial charge in [0.05, 0.1) is 0 Å². The van der Waals surface area contributed by atoms with Crippen molar-refractivity contribution in [3.05, 3.63) is 32.7 Å². The molecule has 0 unspecified atom stereocenters. The first-order chi connectivity index (χ1) is 7.68. The average Bonchev–Trinajstić information content (AvgIpc) is 2.33. The van der Waals surface area contributed by atoms with Gasteiger partial charge in [0.2, 0.25) is 0 Å². The molecule has 1 aromatic rings. The smallest absolute Gasteiger partial charge is 0.0323 e. The molecular formula is C13H17Br2N. The summed E-state index contributed by atoms with van der Waals surface area (Å²) in [6, 6.07) is 6.55. The predicted molar refractivity (Wildman–Crippen MR) is 75.3 cm³/mol. The Balaban J connectivity index is 2.12. The molecule has 1 saturated carbocycles. The lowest BCUT2D eigenvalue weighted by Gasteiger charge is -2.28. The van der Waals surface area contributed by atoms with Crippen molar-refractivity contribution < 1.29 is 0 Å². The third-order valence-corrected chi connectivity index (χ3v) is 5.37. The summed E-state index contributed by atoms with van der Waals surface area (Å²) in [6.07, 6.45) is 6.64. The Bertz CT molecular complexity index is 359. The summed E-state index contributed by atoms with van der Waals surface area (Å²) in [4.78, 5) is 0. The monoisotopic (exact) mass is 345 g/mol. The van der Waals surface area contributed by atoms with E-state index in [0.717, 1.165) is 8.95 Å². The summed E-state index contributed by atoms with van der Waals surface area (Å²) < 4.78 is 2.18. The second kappa shape index (κ2) is 5.65. The summed E-state index contributed by atoms with van der Waals surface area (Å²) in [5.74, 6) is 0.668. The van der Waals surface area contributed by atoms with Crippen LogP contribution in [-0.2, 0) is 0 Å². The van der Waals surface area contributed by atoms with E-state index in [0.29, 0.717) is 5.92 Å². The van der Waals surface area contributed by atoms with Crippen LogP contribution in [0.2, 0.25) is 0 Å². The largest absolute Gasteiger partial charge is 0.324 e. The quantitative estimate of drug-likeness (QED) is 0.818. The minimum atomic E-state index is 0.199. The van der Waals surface area contributed by atoms with Crippen molar-refractivity contribution in [1.82, 2.24) is 0 Å². The van der Waals surface area contributed by atoms with E-state index in [9.17, 15) is 0 Å². The predicted octanol–water partition coefficient (Wildman–Crippen LogP) is 4.79. The zero-order valence-corrected chi connectivity index (χ0v) is 12.4. The van der Waals surface area contributed by atoms with Gasteiger partial charge in [0.15, 0.2) is 0 Å². The Hall–Kier alpha value is 0.140. The van der Waals surface area contributed by atoms with Gasteiger partial charge in [-0.3, -0.25) is 0 Å². The summed E-state index contributed by atoms with van der Waals surface area (Å²) in [7, 11) is 0. The molecule has 3 heteroatoms. The summed E-state index contributed by atoms with van der Waals surface area (Å²) in [5.41, 5.74) is 7.60. The van der Waals surface area contributed by atoms with E-state index in [1.807, 2.05) is 0 Å². The van der Waals surface area contributed by atoms with Crippen molar-refractivity contribution in [3.8, 4) is 0 Å². The maximum absolute atomic E-state index is 6.35. The first-order valence-corrected chi connectivity index (χ1v) is 7.47. The molecule has 1 nitrogen and oxygen atoms in total. The van der Waals surface area contributed by atoms with Crippen molar-refractivity contribution in [1.29, 1.82) is 0 Å². The maximum Gasteiger partial charge on any atom is 0.0323 e. The second-order valence-electron chi connectivity index (χ2n) is 4.60. The Morgan fingerprint density at radius 2 is 1.75 bits per heavy atom. The third kappa shape index (κ3) is 2.88. The van der Waals surface area contributed by atoms with Gasteiger partial charge < -0.3 is 5.73 Å². The normalized spacial score (nSPS) is 19.7. The summed E-state index contributed by atoms with van der Waals surface area (Å²) in [5, 5.41) is 0. The van der Waals surface area contributed by atoms with E-state index < -0.39 is 0 Å². The second-order valence-corrected chi connectivity index (χ2v) is 6.31. The van der Waals surface area contributed by atoms with Crippen molar-refractivity contribution in [2.45, 2.75) is 38.1 Å². The molecule has 88 valence electrons. The van der Waals surface area contributed by atoms with E-state index in [1.54, 1.807) is 0 Å². The third-order valence-electron chi connectivity index (χ3n) is 3.49. The lowest BCUT2D eigenvalue weighted by molar-refractivity contribution is 0.308. The van der Waals surface area contributed by atoms with Crippen LogP contribution in [0, 0.1) is 5.92 Å². The van der Waals surface area contributed by atoms with Crippen LogP contribution in [0.25, 0.3) is 0 Å². The molecule has 0 amide bonds. The van der Waals surface area contributed by atoms with Crippen LogP contribution < -0.4 is 5.73 Å². The molecule has 1 atom stereocenters. The minimum Gasteiger partial charge on any atom is -0.324 e. The highest BCUT2D eigenvalue weighted by atomic mass is 79.9. The number of nitrogens with two attached hydrogens (primary N) is 1. The maximum atomic E-state index is 6.35. The molecule has 1 fully saturated rings. The lowest BCUT2D eigenvalue weighted by atomic mass is 9.81. The van der Waals surface area contributed by atoms with Gasteiger partial charge in [0, 0.05) is 15.0 Å². The highest BCUT2D eigenvalue weighted by molar-refractivity contribution is 9.13.